The van der Waals surface area contributed by atoms with Crippen LogP contribution in [-0.2, 0) is 0 Å². The highest BCUT2D eigenvalue weighted by Gasteiger charge is 2.19. The fourth-order valence-electron chi connectivity index (χ4n) is 2.85. The van der Waals surface area contributed by atoms with Crippen molar-refractivity contribution in [1.29, 1.82) is 0 Å². The van der Waals surface area contributed by atoms with Crippen molar-refractivity contribution in [2.75, 3.05) is 5.32 Å². The molecule has 7 nitrogen and oxygen atoms in total. The van der Waals surface area contributed by atoms with E-state index in [0.717, 1.165) is 11.3 Å². The van der Waals surface area contributed by atoms with Crippen LogP contribution in [0.15, 0.2) is 54.6 Å². The van der Waals surface area contributed by atoms with E-state index in [9.17, 15) is 19.7 Å². The van der Waals surface area contributed by atoms with E-state index in [1.54, 1.807) is 56.3 Å². The number of hydrogen-bond acceptors (Lipinski definition) is 5. The third kappa shape index (κ3) is 4.84. The smallest absolute Gasteiger partial charge is 0.269 e. The van der Waals surface area contributed by atoms with Gasteiger partial charge >= 0.3 is 0 Å². The van der Waals surface area contributed by atoms with Crippen molar-refractivity contribution < 1.29 is 14.5 Å². The molecule has 0 spiro atoms. The highest BCUT2D eigenvalue weighted by atomic mass is 35.5. The van der Waals surface area contributed by atoms with Gasteiger partial charge in [0.25, 0.3) is 17.5 Å². The topological polar surface area (TPSA) is 101 Å². The molecule has 1 unspecified atom stereocenters. The van der Waals surface area contributed by atoms with Crippen LogP contribution in [0.4, 0.5) is 10.7 Å². The number of nitro benzene ring substituents is 1. The average molecular weight is 444 g/mol. The monoisotopic (exact) mass is 443 g/mol. The maximum Gasteiger partial charge on any atom is 0.269 e. The maximum absolute atomic E-state index is 12.7. The molecule has 0 radical (unpaired) electrons. The summed E-state index contributed by atoms with van der Waals surface area (Å²) < 4.78 is 0. The van der Waals surface area contributed by atoms with E-state index in [2.05, 4.69) is 10.6 Å². The molecule has 2 aromatic carbocycles. The number of rotatable bonds is 6. The van der Waals surface area contributed by atoms with Crippen LogP contribution >= 0.6 is 22.9 Å². The Balaban J connectivity index is 1.72. The molecule has 3 aromatic rings. The number of nitrogens with zero attached hydrogens (tertiary/aromatic N) is 1. The maximum atomic E-state index is 12.7. The molecule has 0 aliphatic carbocycles. The Morgan fingerprint density at radius 2 is 1.83 bits per heavy atom. The molecule has 0 saturated carbocycles. The Hall–Kier alpha value is -3.23. The first-order chi connectivity index (χ1) is 14.3. The molecule has 0 aliphatic heterocycles. The van der Waals surface area contributed by atoms with Crippen molar-refractivity contribution in [3.8, 4) is 0 Å². The summed E-state index contributed by atoms with van der Waals surface area (Å²) in [5.41, 5.74) is 1.64. The largest absolute Gasteiger partial charge is 0.345 e. The number of carbonyl (C=O) groups is 2. The van der Waals surface area contributed by atoms with Crippen molar-refractivity contribution in [3.05, 3.63) is 91.3 Å². The molecule has 0 bridgehead atoms. The highest BCUT2D eigenvalue weighted by Crippen LogP contribution is 2.29. The van der Waals surface area contributed by atoms with Gasteiger partial charge in [0.15, 0.2) is 0 Å². The van der Waals surface area contributed by atoms with E-state index in [4.69, 9.17) is 11.6 Å². The number of nitrogens with one attached hydrogen (secondary N) is 2. The number of carbonyl (C=O) groups excluding carboxylic acids is 2. The van der Waals surface area contributed by atoms with Crippen molar-refractivity contribution in [2.45, 2.75) is 19.9 Å². The molecule has 2 amide bonds. The lowest BCUT2D eigenvalue weighted by molar-refractivity contribution is -0.384. The van der Waals surface area contributed by atoms with Crippen molar-refractivity contribution in [2.24, 2.45) is 0 Å². The van der Waals surface area contributed by atoms with Crippen molar-refractivity contribution in [1.82, 2.24) is 5.32 Å². The summed E-state index contributed by atoms with van der Waals surface area (Å²) in [5, 5.41) is 17.4. The Labute approximate surface area is 181 Å². The van der Waals surface area contributed by atoms with Gasteiger partial charge in [-0.15, -0.1) is 11.3 Å². The molecule has 154 valence electrons. The lowest BCUT2D eigenvalue weighted by atomic mass is 10.1. The Morgan fingerprint density at radius 3 is 2.53 bits per heavy atom. The van der Waals surface area contributed by atoms with E-state index < -0.39 is 11.0 Å². The van der Waals surface area contributed by atoms with Gasteiger partial charge in [-0.3, -0.25) is 19.7 Å². The molecule has 9 heteroatoms. The predicted octanol–water partition coefficient (Wildman–Crippen LogP) is 5.36. The molecular formula is C21H18ClN3O4S. The number of nitro groups is 1. The summed E-state index contributed by atoms with van der Waals surface area (Å²) >= 11 is 7.20. The lowest BCUT2D eigenvalue weighted by Gasteiger charge is -2.14. The summed E-state index contributed by atoms with van der Waals surface area (Å²) in [5.74, 6) is -0.687. The zero-order valence-electron chi connectivity index (χ0n) is 16.1. The van der Waals surface area contributed by atoms with Crippen LogP contribution in [0.25, 0.3) is 0 Å². The predicted molar refractivity (Wildman–Crippen MR) is 117 cm³/mol. The first-order valence-corrected chi connectivity index (χ1v) is 10.2. The van der Waals surface area contributed by atoms with Crippen LogP contribution in [0.5, 0.6) is 0 Å². The molecule has 1 atom stereocenters. The van der Waals surface area contributed by atoms with Crippen LogP contribution in [-0.4, -0.2) is 16.7 Å². The lowest BCUT2D eigenvalue weighted by Crippen LogP contribution is -2.26. The molecular weight excluding hydrogens is 426 g/mol. The van der Waals surface area contributed by atoms with Crippen molar-refractivity contribution in [3.63, 3.8) is 0 Å². The van der Waals surface area contributed by atoms with Gasteiger partial charge in [-0.1, -0.05) is 35.9 Å². The van der Waals surface area contributed by atoms with Gasteiger partial charge in [0.05, 0.1) is 31.4 Å². The SMILES string of the molecule is Cc1cc(NC(=O)c2ccccc2Cl)sc1C(=O)NC(C)c1cccc([N+](=O)[O-])c1. The molecule has 2 N–H and O–H groups in total. The van der Waals surface area contributed by atoms with Crippen molar-refractivity contribution >= 4 is 45.4 Å². The van der Waals surface area contributed by atoms with E-state index in [0.29, 0.717) is 31.6 Å². The third-order valence-corrected chi connectivity index (χ3v) is 5.89. The summed E-state index contributed by atoms with van der Waals surface area (Å²) in [6.45, 7) is 3.52. The first-order valence-electron chi connectivity index (χ1n) is 8.98. The number of amides is 2. The molecule has 3 rings (SSSR count). The minimum absolute atomic E-state index is 0.0366. The van der Waals surface area contributed by atoms with E-state index in [-0.39, 0.29) is 17.5 Å². The second-order valence-electron chi connectivity index (χ2n) is 6.60. The molecule has 1 aromatic heterocycles. The summed E-state index contributed by atoms with van der Waals surface area (Å²) in [7, 11) is 0. The standard InChI is InChI=1S/C21H18ClN3O4S/c1-12-10-18(24-20(26)16-8-3-4-9-17(16)22)30-19(12)21(27)23-13(2)14-6-5-7-15(11-14)25(28)29/h3-11,13H,1-2H3,(H,23,27)(H,24,26). The Bertz CT molecular complexity index is 1130. The number of anilines is 1. The van der Waals surface area contributed by atoms with Gasteiger partial charge in [-0.25, -0.2) is 0 Å². The van der Waals surface area contributed by atoms with Crippen LogP contribution in [0.2, 0.25) is 5.02 Å². The van der Waals surface area contributed by atoms with E-state index in [1.807, 2.05) is 0 Å². The van der Waals surface area contributed by atoms with Gasteiger partial charge in [0, 0.05) is 12.1 Å². The number of non-ortho nitro benzene ring substituents is 1. The molecule has 0 saturated heterocycles. The first kappa shape index (κ1) is 21.5. The zero-order valence-corrected chi connectivity index (χ0v) is 17.7. The molecule has 0 aliphatic rings. The van der Waals surface area contributed by atoms with Crippen LogP contribution in [0, 0.1) is 17.0 Å². The second-order valence-corrected chi connectivity index (χ2v) is 8.06. The van der Waals surface area contributed by atoms with Gasteiger partial charge in [-0.2, -0.15) is 0 Å². The third-order valence-electron chi connectivity index (χ3n) is 4.41. The van der Waals surface area contributed by atoms with Crippen LogP contribution in [0.3, 0.4) is 0 Å². The molecule has 0 fully saturated rings. The fourth-order valence-corrected chi connectivity index (χ4v) is 4.04. The normalized spacial score (nSPS) is 11.6. The number of thiophene rings is 1. The summed E-state index contributed by atoms with van der Waals surface area (Å²) in [6.07, 6.45) is 0. The second kappa shape index (κ2) is 9.06. The minimum atomic E-state index is -0.477. The quantitative estimate of drug-likeness (QED) is 0.395. The molecule has 30 heavy (non-hydrogen) atoms. The van der Waals surface area contributed by atoms with E-state index in [1.165, 1.54) is 12.1 Å². The Morgan fingerprint density at radius 1 is 1.10 bits per heavy atom. The van der Waals surface area contributed by atoms with Gasteiger partial charge in [-0.05, 0) is 43.2 Å². The number of aryl methyl sites for hydroxylation is 1. The number of hydrogen-bond donors (Lipinski definition) is 2. The van der Waals surface area contributed by atoms with E-state index >= 15 is 0 Å². The van der Waals surface area contributed by atoms with Gasteiger partial charge in [0.1, 0.15) is 0 Å². The Kier molecular flexibility index (Phi) is 6.49. The zero-order chi connectivity index (χ0) is 21.8. The number of benzene rings is 2. The van der Waals surface area contributed by atoms with Gasteiger partial charge in [0.2, 0.25) is 0 Å². The van der Waals surface area contributed by atoms with Gasteiger partial charge < -0.3 is 10.6 Å². The van der Waals surface area contributed by atoms with Crippen LogP contribution < -0.4 is 10.6 Å². The highest BCUT2D eigenvalue weighted by molar-refractivity contribution is 7.18. The number of halogens is 1. The minimum Gasteiger partial charge on any atom is -0.345 e. The summed E-state index contributed by atoms with van der Waals surface area (Å²) in [6, 6.07) is 14.1. The van der Waals surface area contributed by atoms with Crippen LogP contribution in [0.1, 0.15) is 44.1 Å². The average Bonchev–Trinajstić information content (AvgIpc) is 3.08. The fraction of sp³-hybridized carbons (Fsp3) is 0.143. The molecule has 1 heterocycles. The summed E-state index contributed by atoms with van der Waals surface area (Å²) in [4.78, 5) is 36.1.